The third kappa shape index (κ3) is 4.39. The average Bonchev–Trinajstić information content (AvgIpc) is 3.07. The number of hydrazine groups is 1. The van der Waals surface area contributed by atoms with E-state index in [1.54, 1.807) is 25.1 Å². The van der Waals surface area contributed by atoms with Crippen molar-refractivity contribution in [2.75, 3.05) is 0 Å². The molecule has 5 nitrogen and oxygen atoms in total. The van der Waals surface area contributed by atoms with Gasteiger partial charge < -0.3 is 4.74 Å². The van der Waals surface area contributed by atoms with E-state index < -0.39 is 12.0 Å². The molecule has 25 heavy (non-hydrogen) atoms. The van der Waals surface area contributed by atoms with Crippen molar-refractivity contribution >= 4 is 27.7 Å². The van der Waals surface area contributed by atoms with Crippen LogP contribution in [0.3, 0.4) is 0 Å². The smallest absolute Gasteiger partial charge is 0.279 e. The van der Waals surface area contributed by atoms with Gasteiger partial charge in [0.1, 0.15) is 5.75 Å². The summed E-state index contributed by atoms with van der Waals surface area (Å²) in [6.45, 7) is 1.62. The van der Waals surface area contributed by atoms with E-state index in [4.69, 9.17) is 4.74 Å². The SMILES string of the molecule is C[C@@H](Oc1cccc(Br)c1)C(=O)NNC(=O)c1ccc2c(c1)CCC2. The summed E-state index contributed by atoms with van der Waals surface area (Å²) in [4.78, 5) is 24.3. The zero-order valence-electron chi connectivity index (χ0n) is 13.8. The van der Waals surface area contributed by atoms with E-state index >= 15 is 0 Å². The van der Waals surface area contributed by atoms with E-state index in [1.165, 1.54) is 11.1 Å². The molecule has 0 saturated carbocycles. The van der Waals surface area contributed by atoms with Crippen molar-refractivity contribution in [3.63, 3.8) is 0 Å². The molecule has 0 heterocycles. The van der Waals surface area contributed by atoms with Crippen LogP contribution in [-0.4, -0.2) is 17.9 Å². The van der Waals surface area contributed by atoms with Crippen molar-refractivity contribution in [2.24, 2.45) is 0 Å². The Morgan fingerprint density at radius 2 is 1.88 bits per heavy atom. The number of carbonyl (C=O) groups excluding carboxylic acids is 2. The number of amides is 2. The number of aryl methyl sites for hydroxylation is 2. The molecule has 3 rings (SSSR count). The molecule has 6 heteroatoms. The Labute approximate surface area is 154 Å². The maximum Gasteiger partial charge on any atom is 0.279 e. The first-order chi connectivity index (χ1) is 12.0. The lowest BCUT2D eigenvalue weighted by Gasteiger charge is -2.15. The zero-order valence-corrected chi connectivity index (χ0v) is 15.4. The van der Waals surface area contributed by atoms with Gasteiger partial charge in [0.25, 0.3) is 11.8 Å². The van der Waals surface area contributed by atoms with Gasteiger partial charge in [-0.15, -0.1) is 0 Å². The van der Waals surface area contributed by atoms with Crippen LogP contribution in [0.1, 0.15) is 34.8 Å². The molecule has 1 aliphatic rings. The van der Waals surface area contributed by atoms with Crippen LogP contribution in [0, 0.1) is 0 Å². The first kappa shape index (κ1) is 17.5. The third-order valence-electron chi connectivity index (χ3n) is 4.14. The van der Waals surface area contributed by atoms with Crippen molar-refractivity contribution in [1.82, 2.24) is 10.9 Å². The Hall–Kier alpha value is -2.34. The average molecular weight is 403 g/mol. The van der Waals surface area contributed by atoms with E-state index in [0.717, 1.165) is 23.7 Å². The van der Waals surface area contributed by atoms with E-state index in [2.05, 4.69) is 26.8 Å². The predicted molar refractivity (Wildman–Crippen MR) is 98.3 cm³/mol. The third-order valence-corrected chi connectivity index (χ3v) is 4.63. The minimum atomic E-state index is -0.741. The summed E-state index contributed by atoms with van der Waals surface area (Å²) in [6, 6.07) is 12.9. The number of hydrogen-bond donors (Lipinski definition) is 2. The second-order valence-electron chi connectivity index (χ2n) is 6.00. The molecule has 2 aromatic rings. The van der Waals surface area contributed by atoms with E-state index in [9.17, 15) is 9.59 Å². The minimum Gasteiger partial charge on any atom is -0.481 e. The summed E-state index contributed by atoms with van der Waals surface area (Å²) in [5.41, 5.74) is 7.91. The second-order valence-corrected chi connectivity index (χ2v) is 6.91. The molecule has 1 aliphatic carbocycles. The fourth-order valence-corrected chi connectivity index (χ4v) is 3.18. The van der Waals surface area contributed by atoms with Crippen LogP contribution >= 0.6 is 15.9 Å². The normalized spacial score (nSPS) is 13.7. The van der Waals surface area contributed by atoms with Gasteiger partial charge >= 0.3 is 0 Å². The number of ether oxygens (including phenoxy) is 1. The Bertz CT molecular complexity index is 807. The van der Waals surface area contributed by atoms with Gasteiger partial charge in [-0.05, 0) is 67.6 Å². The number of fused-ring (bicyclic) bond motifs is 1. The summed E-state index contributed by atoms with van der Waals surface area (Å²) < 4.78 is 6.43. The number of carbonyl (C=O) groups is 2. The van der Waals surface area contributed by atoms with Crippen LogP contribution in [0.15, 0.2) is 46.9 Å². The molecule has 0 aromatic heterocycles. The number of rotatable bonds is 4. The van der Waals surface area contributed by atoms with E-state index in [0.29, 0.717) is 11.3 Å². The Balaban J connectivity index is 1.53. The molecule has 0 bridgehead atoms. The first-order valence-corrected chi connectivity index (χ1v) is 8.96. The maximum absolute atomic E-state index is 12.2. The van der Waals surface area contributed by atoms with Gasteiger partial charge in [0.05, 0.1) is 0 Å². The van der Waals surface area contributed by atoms with Gasteiger partial charge in [0.15, 0.2) is 6.10 Å². The van der Waals surface area contributed by atoms with Crippen molar-refractivity contribution in [1.29, 1.82) is 0 Å². The summed E-state index contributed by atoms with van der Waals surface area (Å²) in [7, 11) is 0. The second kappa shape index (κ2) is 7.70. The van der Waals surface area contributed by atoms with Crippen molar-refractivity contribution in [3.8, 4) is 5.75 Å². The van der Waals surface area contributed by atoms with Crippen LogP contribution in [0.2, 0.25) is 0 Å². The number of benzene rings is 2. The summed E-state index contributed by atoms with van der Waals surface area (Å²) in [6.07, 6.45) is 2.45. The monoisotopic (exact) mass is 402 g/mol. The predicted octanol–water partition coefficient (Wildman–Crippen LogP) is 3.17. The molecule has 2 amide bonds. The minimum absolute atomic E-state index is 0.335. The highest BCUT2D eigenvalue weighted by Gasteiger charge is 2.17. The van der Waals surface area contributed by atoms with Gasteiger partial charge in [-0.25, -0.2) is 0 Å². The molecule has 2 aromatic carbocycles. The summed E-state index contributed by atoms with van der Waals surface area (Å²) in [5, 5.41) is 0. The maximum atomic E-state index is 12.2. The molecular formula is C19H19BrN2O3. The highest BCUT2D eigenvalue weighted by molar-refractivity contribution is 9.10. The van der Waals surface area contributed by atoms with Crippen molar-refractivity contribution < 1.29 is 14.3 Å². The van der Waals surface area contributed by atoms with Gasteiger partial charge in [-0.1, -0.05) is 28.1 Å². The lowest BCUT2D eigenvalue weighted by molar-refractivity contribution is -0.128. The molecule has 130 valence electrons. The summed E-state index contributed by atoms with van der Waals surface area (Å²) >= 11 is 3.35. The molecule has 0 spiro atoms. The van der Waals surface area contributed by atoms with E-state index in [-0.39, 0.29) is 5.91 Å². The van der Waals surface area contributed by atoms with Crippen LogP contribution in [0.25, 0.3) is 0 Å². The molecular weight excluding hydrogens is 384 g/mol. The van der Waals surface area contributed by atoms with Crippen LogP contribution in [0.5, 0.6) is 5.75 Å². The van der Waals surface area contributed by atoms with Crippen molar-refractivity contribution in [3.05, 3.63) is 63.6 Å². The first-order valence-electron chi connectivity index (χ1n) is 8.17. The van der Waals surface area contributed by atoms with Gasteiger partial charge in [0.2, 0.25) is 0 Å². The number of halogens is 1. The number of hydrogen-bond acceptors (Lipinski definition) is 3. The van der Waals surface area contributed by atoms with Crippen molar-refractivity contribution in [2.45, 2.75) is 32.3 Å². The summed E-state index contributed by atoms with van der Waals surface area (Å²) in [5.74, 6) is -0.186. The van der Waals surface area contributed by atoms with Gasteiger partial charge in [0, 0.05) is 10.0 Å². The molecule has 0 fully saturated rings. The molecule has 2 N–H and O–H groups in total. The van der Waals surface area contributed by atoms with E-state index in [1.807, 2.05) is 24.3 Å². The van der Waals surface area contributed by atoms with Crippen LogP contribution in [-0.2, 0) is 17.6 Å². The molecule has 1 atom stereocenters. The van der Waals surface area contributed by atoms with Crippen LogP contribution in [0.4, 0.5) is 0 Å². The molecule has 0 saturated heterocycles. The number of nitrogens with one attached hydrogen (secondary N) is 2. The fourth-order valence-electron chi connectivity index (χ4n) is 2.80. The standard InChI is InChI=1S/C19H19BrN2O3/c1-12(25-17-7-3-6-16(20)11-17)18(23)21-22-19(24)15-9-8-13-4-2-5-14(13)10-15/h3,6-12H,2,4-5H2,1H3,(H,21,23)(H,22,24)/t12-/m1/s1. The molecule has 0 radical (unpaired) electrons. The Morgan fingerprint density at radius 1 is 1.08 bits per heavy atom. The quantitative estimate of drug-likeness (QED) is 0.771. The van der Waals surface area contributed by atoms with Gasteiger partial charge in [-0.3, -0.25) is 20.4 Å². The zero-order chi connectivity index (χ0) is 17.8. The van der Waals surface area contributed by atoms with Crippen LogP contribution < -0.4 is 15.6 Å². The largest absolute Gasteiger partial charge is 0.481 e. The highest BCUT2D eigenvalue weighted by Crippen LogP contribution is 2.22. The highest BCUT2D eigenvalue weighted by atomic mass is 79.9. The Morgan fingerprint density at radius 3 is 2.68 bits per heavy atom. The lowest BCUT2D eigenvalue weighted by atomic mass is 10.1. The van der Waals surface area contributed by atoms with Gasteiger partial charge in [-0.2, -0.15) is 0 Å². The molecule has 0 unspecified atom stereocenters. The lowest BCUT2D eigenvalue weighted by Crippen LogP contribution is -2.47. The Kier molecular flexibility index (Phi) is 5.38. The fraction of sp³-hybridized carbons (Fsp3) is 0.263. The molecule has 0 aliphatic heterocycles. The topological polar surface area (TPSA) is 67.4 Å².